The van der Waals surface area contributed by atoms with E-state index in [4.69, 9.17) is 21.1 Å². The Hall–Kier alpha value is -2.22. The molecule has 0 saturated carbocycles. The maximum Gasteiger partial charge on any atom is 0.243 e. The Kier molecular flexibility index (Phi) is 8.77. The van der Waals surface area contributed by atoms with Crippen LogP contribution < -0.4 is 10.1 Å². The van der Waals surface area contributed by atoms with E-state index in [-0.39, 0.29) is 33.8 Å². The molecule has 2 fully saturated rings. The van der Waals surface area contributed by atoms with Crippen LogP contribution in [0.2, 0.25) is 5.02 Å². The molecule has 2 heterocycles. The lowest BCUT2D eigenvalue weighted by molar-refractivity contribution is -0.126. The fourth-order valence-electron chi connectivity index (χ4n) is 4.38. The van der Waals surface area contributed by atoms with E-state index < -0.39 is 26.0 Å². The number of hydrogen-bond acceptors (Lipinski definition) is 7. The smallest absolute Gasteiger partial charge is 0.243 e. The molecule has 10 nitrogen and oxygen atoms in total. The molecule has 0 spiro atoms. The largest absolute Gasteiger partial charge is 0.495 e. The zero-order valence-electron chi connectivity index (χ0n) is 20.4. The number of rotatable bonds is 8. The van der Waals surface area contributed by atoms with Gasteiger partial charge in [0.15, 0.2) is 0 Å². The number of hydrogen-bond donors (Lipinski definition) is 1. The van der Waals surface area contributed by atoms with Crippen LogP contribution in [0.5, 0.6) is 5.75 Å². The third-order valence-corrected chi connectivity index (χ3v) is 10.6. The molecule has 0 aromatic heterocycles. The highest BCUT2D eigenvalue weighted by molar-refractivity contribution is 7.89. The standard InChI is InChI=1S/C24H30ClN3O7S2/c1-34-23-9-8-21(15-22(23)25)37(32,33)28-10-2-3-19(17-28)24(29)26-16-18-4-6-20(7-5-18)36(30,31)27-11-13-35-14-12-27/h4-9,15,19H,2-3,10-14,16-17H2,1H3,(H,26,29). The Morgan fingerprint density at radius 2 is 1.65 bits per heavy atom. The van der Waals surface area contributed by atoms with E-state index in [1.807, 2.05) is 0 Å². The predicted octanol–water partition coefficient (Wildman–Crippen LogP) is 2.09. The first kappa shape index (κ1) is 27.8. The number of carbonyl (C=O) groups is 1. The van der Waals surface area contributed by atoms with Crippen LogP contribution in [-0.4, -0.2) is 77.9 Å². The fourth-order valence-corrected chi connectivity index (χ4v) is 7.66. The molecular weight excluding hydrogens is 542 g/mol. The second-order valence-electron chi connectivity index (χ2n) is 8.88. The number of amides is 1. The van der Waals surface area contributed by atoms with Crippen LogP contribution in [-0.2, 0) is 36.1 Å². The molecule has 1 amide bonds. The van der Waals surface area contributed by atoms with Crippen LogP contribution in [0, 0.1) is 5.92 Å². The van der Waals surface area contributed by atoms with Crippen LogP contribution in [0.4, 0.5) is 0 Å². The molecule has 2 aromatic carbocycles. The number of nitrogens with zero attached hydrogens (tertiary/aromatic N) is 2. The second-order valence-corrected chi connectivity index (χ2v) is 13.2. The van der Waals surface area contributed by atoms with E-state index >= 15 is 0 Å². The Labute approximate surface area is 222 Å². The normalized spacial score (nSPS) is 19.9. The summed E-state index contributed by atoms with van der Waals surface area (Å²) in [6, 6.07) is 10.7. The van der Waals surface area contributed by atoms with Gasteiger partial charge in [0.05, 0.1) is 41.1 Å². The maximum absolute atomic E-state index is 13.1. The highest BCUT2D eigenvalue weighted by Crippen LogP contribution is 2.30. The molecule has 1 N–H and O–H groups in total. The lowest BCUT2D eigenvalue weighted by Crippen LogP contribution is -2.45. The monoisotopic (exact) mass is 571 g/mol. The summed E-state index contributed by atoms with van der Waals surface area (Å²) in [5.74, 6) is -0.376. The average Bonchev–Trinajstić information content (AvgIpc) is 2.92. The SMILES string of the molecule is COc1ccc(S(=O)(=O)N2CCCC(C(=O)NCc3ccc(S(=O)(=O)N4CCOCC4)cc3)C2)cc1Cl. The van der Waals surface area contributed by atoms with Gasteiger partial charge in [0.2, 0.25) is 26.0 Å². The minimum atomic E-state index is -3.83. The Morgan fingerprint density at radius 3 is 2.30 bits per heavy atom. The number of halogens is 1. The van der Waals surface area contributed by atoms with Crippen molar-refractivity contribution in [3.8, 4) is 5.75 Å². The quantitative estimate of drug-likeness (QED) is 0.515. The number of ether oxygens (including phenoxy) is 2. The van der Waals surface area contributed by atoms with E-state index in [1.165, 1.54) is 46.1 Å². The molecule has 202 valence electrons. The molecule has 37 heavy (non-hydrogen) atoms. The predicted molar refractivity (Wildman–Crippen MR) is 137 cm³/mol. The van der Waals surface area contributed by atoms with Crippen LogP contribution in [0.1, 0.15) is 18.4 Å². The molecule has 0 aliphatic carbocycles. The van der Waals surface area contributed by atoms with E-state index in [9.17, 15) is 21.6 Å². The van der Waals surface area contributed by atoms with Gasteiger partial charge in [0, 0.05) is 32.7 Å². The van der Waals surface area contributed by atoms with Crippen molar-refractivity contribution < 1.29 is 31.1 Å². The van der Waals surface area contributed by atoms with Crippen molar-refractivity contribution >= 4 is 37.6 Å². The number of morpholine rings is 1. The fraction of sp³-hybridized carbons (Fsp3) is 0.458. The van der Waals surface area contributed by atoms with Gasteiger partial charge in [0.25, 0.3) is 0 Å². The van der Waals surface area contributed by atoms with Crippen molar-refractivity contribution in [3.05, 3.63) is 53.1 Å². The molecule has 2 aliphatic rings. The summed E-state index contributed by atoms with van der Waals surface area (Å²) in [6.07, 6.45) is 1.12. The number of piperidine rings is 1. The van der Waals surface area contributed by atoms with Gasteiger partial charge in [-0.25, -0.2) is 16.8 Å². The van der Waals surface area contributed by atoms with Gasteiger partial charge in [-0.05, 0) is 48.7 Å². The minimum absolute atomic E-state index is 0.0477. The van der Waals surface area contributed by atoms with Crippen molar-refractivity contribution in [2.24, 2.45) is 5.92 Å². The summed E-state index contributed by atoms with van der Waals surface area (Å²) >= 11 is 6.11. The van der Waals surface area contributed by atoms with Gasteiger partial charge >= 0.3 is 0 Å². The highest BCUT2D eigenvalue weighted by Gasteiger charge is 2.33. The minimum Gasteiger partial charge on any atom is -0.495 e. The summed E-state index contributed by atoms with van der Waals surface area (Å²) < 4.78 is 64.9. The number of sulfonamides is 2. The molecule has 2 saturated heterocycles. The van der Waals surface area contributed by atoms with Gasteiger partial charge < -0.3 is 14.8 Å². The number of carbonyl (C=O) groups excluding carboxylic acids is 1. The van der Waals surface area contributed by atoms with Crippen molar-refractivity contribution in [1.29, 1.82) is 0 Å². The van der Waals surface area contributed by atoms with Crippen LogP contribution in [0.25, 0.3) is 0 Å². The zero-order valence-corrected chi connectivity index (χ0v) is 22.8. The van der Waals surface area contributed by atoms with E-state index in [2.05, 4.69) is 5.32 Å². The summed E-state index contributed by atoms with van der Waals surface area (Å²) in [7, 11) is -5.97. The van der Waals surface area contributed by atoms with Crippen molar-refractivity contribution in [2.75, 3.05) is 46.5 Å². The summed E-state index contributed by atoms with van der Waals surface area (Å²) in [5, 5.41) is 3.04. The topological polar surface area (TPSA) is 122 Å². The summed E-state index contributed by atoms with van der Waals surface area (Å²) in [6.45, 7) is 1.96. The maximum atomic E-state index is 13.1. The molecule has 1 unspecified atom stereocenters. The molecule has 4 rings (SSSR count). The molecule has 1 atom stereocenters. The van der Waals surface area contributed by atoms with Crippen molar-refractivity contribution in [3.63, 3.8) is 0 Å². The molecule has 2 aliphatic heterocycles. The Bertz CT molecular complexity index is 1330. The second kappa shape index (κ2) is 11.7. The van der Waals surface area contributed by atoms with Crippen LogP contribution >= 0.6 is 11.6 Å². The van der Waals surface area contributed by atoms with Crippen molar-refractivity contribution in [1.82, 2.24) is 13.9 Å². The third-order valence-electron chi connectivity index (χ3n) is 6.51. The van der Waals surface area contributed by atoms with Crippen molar-refractivity contribution in [2.45, 2.75) is 29.2 Å². The first-order valence-corrected chi connectivity index (χ1v) is 15.2. The van der Waals surface area contributed by atoms with Gasteiger partial charge in [-0.1, -0.05) is 23.7 Å². The van der Waals surface area contributed by atoms with Crippen LogP contribution in [0.3, 0.4) is 0 Å². The molecule has 0 radical (unpaired) electrons. The summed E-state index contributed by atoms with van der Waals surface area (Å²) in [5.41, 5.74) is 0.738. The van der Waals surface area contributed by atoms with Gasteiger partial charge in [-0.15, -0.1) is 0 Å². The number of methoxy groups -OCH3 is 1. The first-order chi connectivity index (χ1) is 17.6. The molecule has 13 heteroatoms. The zero-order chi connectivity index (χ0) is 26.6. The third kappa shape index (κ3) is 6.27. The molecular formula is C24H30ClN3O7S2. The number of benzene rings is 2. The molecule has 0 bridgehead atoms. The van der Waals surface area contributed by atoms with E-state index in [0.717, 1.165) is 5.56 Å². The van der Waals surface area contributed by atoms with E-state index in [1.54, 1.807) is 12.1 Å². The lowest BCUT2D eigenvalue weighted by atomic mass is 9.99. The average molecular weight is 572 g/mol. The van der Waals surface area contributed by atoms with Gasteiger partial charge in [-0.3, -0.25) is 4.79 Å². The highest BCUT2D eigenvalue weighted by atomic mass is 35.5. The number of nitrogens with one attached hydrogen (secondary N) is 1. The lowest BCUT2D eigenvalue weighted by Gasteiger charge is -2.31. The van der Waals surface area contributed by atoms with E-state index in [0.29, 0.717) is 51.4 Å². The Balaban J connectivity index is 1.36. The van der Waals surface area contributed by atoms with Crippen LogP contribution in [0.15, 0.2) is 52.3 Å². The molecule has 2 aromatic rings. The first-order valence-electron chi connectivity index (χ1n) is 11.9. The van der Waals surface area contributed by atoms with Gasteiger partial charge in [0.1, 0.15) is 5.75 Å². The van der Waals surface area contributed by atoms with Gasteiger partial charge in [-0.2, -0.15) is 8.61 Å². The Morgan fingerprint density at radius 1 is 1.00 bits per heavy atom. The summed E-state index contributed by atoms with van der Waals surface area (Å²) in [4.78, 5) is 13.1.